The lowest BCUT2D eigenvalue weighted by Gasteiger charge is -2.27. The van der Waals surface area contributed by atoms with Gasteiger partial charge in [-0.2, -0.15) is 19.1 Å². The van der Waals surface area contributed by atoms with Crippen molar-refractivity contribution in [2.45, 2.75) is 44.8 Å². The Labute approximate surface area is 96.4 Å². The molecule has 1 unspecified atom stereocenters. The lowest BCUT2D eigenvalue weighted by Crippen LogP contribution is -2.56. The summed E-state index contributed by atoms with van der Waals surface area (Å²) in [6, 6.07) is 0. The molecule has 0 aliphatic carbocycles. The number of unbranched alkanes of at least 4 members (excludes halogenated alkanes) is 1. The standard InChI is InChI=1S/C9H15F3N2O3/c1-3-4-5-8(2,7(16)17-13)14-6(15)9(10,11)12/h3-5,13H2,1-2H3,(H,14,15). The molecule has 0 heterocycles. The number of nitrogens with two attached hydrogens (primary N) is 1. The Bertz CT molecular complexity index is 294. The Morgan fingerprint density at radius 3 is 2.24 bits per heavy atom. The minimum absolute atomic E-state index is 0.0152. The Morgan fingerprint density at radius 2 is 1.88 bits per heavy atom. The average Bonchev–Trinajstić information content (AvgIpc) is 2.23. The first-order valence-corrected chi connectivity index (χ1v) is 4.98. The van der Waals surface area contributed by atoms with Crippen molar-refractivity contribution in [2.75, 3.05) is 0 Å². The van der Waals surface area contributed by atoms with Crippen LogP contribution in [0.4, 0.5) is 13.2 Å². The van der Waals surface area contributed by atoms with Gasteiger partial charge in [0.1, 0.15) is 5.54 Å². The Balaban J connectivity index is 4.82. The molecule has 8 heteroatoms. The van der Waals surface area contributed by atoms with E-state index in [2.05, 4.69) is 10.7 Å². The van der Waals surface area contributed by atoms with Crippen molar-refractivity contribution >= 4 is 11.9 Å². The van der Waals surface area contributed by atoms with E-state index in [9.17, 15) is 22.8 Å². The van der Waals surface area contributed by atoms with Gasteiger partial charge in [0.05, 0.1) is 0 Å². The van der Waals surface area contributed by atoms with E-state index in [1.807, 2.05) is 0 Å². The third kappa shape index (κ3) is 4.59. The highest BCUT2D eigenvalue weighted by Crippen LogP contribution is 2.20. The van der Waals surface area contributed by atoms with Gasteiger partial charge in [0, 0.05) is 0 Å². The summed E-state index contributed by atoms with van der Waals surface area (Å²) < 4.78 is 36.2. The van der Waals surface area contributed by atoms with Crippen LogP contribution in [0.25, 0.3) is 0 Å². The van der Waals surface area contributed by atoms with Gasteiger partial charge in [0.15, 0.2) is 0 Å². The number of carbonyl (C=O) groups is 2. The molecule has 0 aliphatic heterocycles. The molecule has 0 aromatic carbocycles. The molecule has 0 bridgehead atoms. The van der Waals surface area contributed by atoms with Gasteiger partial charge in [-0.15, -0.1) is 0 Å². The topological polar surface area (TPSA) is 81.4 Å². The van der Waals surface area contributed by atoms with E-state index in [1.165, 1.54) is 0 Å². The molecule has 0 radical (unpaired) electrons. The van der Waals surface area contributed by atoms with Gasteiger partial charge < -0.3 is 10.2 Å². The maximum absolute atomic E-state index is 12.1. The second-order valence-corrected chi connectivity index (χ2v) is 3.79. The van der Waals surface area contributed by atoms with Gasteiger partial charge in [-0.3, -0.25) is 4.79 Å². The van der Waals surface area contributed by atoms with Gasteiger partial charge in [-0.05, 0) is 13.3 Å². The number of alkyl halides is 3. The Kier molecular flexibility index (Phi) is 5.40. The normalized spacial score (nSPS) is 14.9. The smallest absolute Gasteiger partial charge is 0.372 e. The van der Waals surface area contributed by atoms with Crippen LogP contribution in [-0.4, -0.2) is 23.6 Å². The minimum atomic E-state index is -5.05. The fourth-order valence-corrected chi connectivity index (χ4v) is 1.20. The summed E-state index contributed by atoms with van der Waals surface area (Å²) in [5, 5.41) is 1.60. The molecule has 0 spiro atoms. The zero-order valence-electron chi connectivity index (χ0n) is 9.56. The van der Waals surface area contributed by atoms with Crippen LogP contribution in [0.3, 0.4) is 0 Å². The number of amides is 1. The van der Waals surface area contributed by atoms with Crippen LogP contribution in [0.1, 0.15) is 33.1 Å². The van der Waals surface area contributed by atoms with E-state index in [4.69, 9.17) is 0 Å². The highest BCUT2D eigenvalue weighted by Gasteiger charge is 2.45. The van der Waals surface area contributed by atoms with E-state index in [0.29, 0.717) is 12.8 Å². The highest BCUT2D eigenvalue weighted by molar-refractivity contribution is 5.90. The molecule has 0 saturated heterocycles. The van der Waals surface area contributed by atoms with Crippen LogP contribution in [0.15, 0.2) is 0 Å². The van der Waals surface area contributed by atoms with Crippen molar-refractivity contribution in [1.82, 2.24) is 5.32 Å². The molecule has 0 aromatic rings. The molecule has 0 aromatic heterocycles. The van der Waals surface area contributed by atoms with E-state index in [1.54, 1.807) is 12.2 Å². The first kappa shape index (κ1) is 15.7. The van der Waals surface area contributed by atoms with E-state index < -0.39 is 23.6 Å². The Hall–Kier alpha value is -1.31. The number of hydrogen-bond donors (Lipinski definition) is 2. The van der Waals surface area contributed by atoms with Gasteiger partial charge in [0.25, 0.3) is 0 Å². The van der Waals surface area contributed by atoms with Gasteiger partial charge in [-0.1, -0.05) is 19.8 Å². The zero-order chi connectivity index (χ0) is 13.7. The van der Waals surface area contributed by atoms with Crippen LogP contribution in [0.2, 0.25) is 0 Å². The quantitative estimate of drug-likeness (QED) is 0.720. The van der Waals surface area contributed by atoms with Gasteiger partial charge in [0.2, 0.25) is 0 Å². The van der Waals surface area contributed by atoms with Gasteiger partial charge in [-0.25, -0.2) is 4.79 Å². The third-order valence-electron chi connectivity index (χ3n) is 2.23. The van der Waals surface area contributed by atoms with Crippen LogP contribution in [0, 0.1) is 0 Å². The Morgan fingerprint density at radius 1 is 1.35 bits per heavy atom. The second-order valence-electron chi connectivity index (χ2n) is 3.79. The van der Waals surface area contributed by atoms with Crippen LogP contribution >= 0.6 is 0 Å². The SMILES string of the molecule is CCCCC(C)(NC(=O)C(F)(F)F)C(=O)ON. The summed E-state index contributed by atoms with van der Waals surface area (Å²) in [5.74, 6) is 1.33. The van der Waals surface area contributed by atoms with Crippen molar-refractivity contribution in [3.05, 3.63) is 0 Å². The molecule has 0 rings (SSSR count). The van der Waals surface area contributed by atoms with Crippen LogP contribution < -0.4 is 11.2 Å². The van der Waals surface area contributed by atoms with E-state index >= 15 is 0 Å². The monoisotopic (exact) mass is 256 g/mol. The molecule has 0 fully saturated rings. The van der Waals surface area contributed by atoms with Crippen molar-refractivity contribution in [3.8, 4) is 0 Å². The zero-order valence-corrected chi connectivity index (χ0v) is 9.56. The average molecular weight is 256 g/mol. The number of carbonyl (C=O) groups excluding carboxylic acids is 2. The number of rotatable bonds is 5. The largest absolute Gasteiger partial charge is 0.471 e. The predicted octanol–water partition coefficient (Wildman–Crippen LogP) is 1.03. The maximum Gasteiger partial charge on any atom is 0.471 e. The van der Waals surface area contributed by atoms with Gasteiger partial charge >= 0.3 is 18.1 Å². The fraction of sp³-hybridized carbons (Fsp3) is 0.778. The summed E-state index contributed by atoms with van der Waals surface area (Å²) in [7, 11) is 0. The van der Waals surface area contributed by atoms with Crippen molar-refractivity contribution < 1.29 is 27.6 Å². The molecule has 5 nitrogen and oxygen atoms in total. The molecule has 100 valence electrons. The van der Waals surface area contributed by atoms with E-state index in [-0.39, 0.29) is 6.42 Å². The molecule has 1 atom stereocenters. The second kappa shape index (κ2) is 5.85. The molecule has 3 N–H and O–H groups in total. The van der Waals surface area contributed by atoms with Crippen LogP contribution in [0.5, 0.6) is 0 Å². The molecule has 0 saturated carbocycles. The number of halogens is 3. The molecular weight excluding hydrogens is 241 g/mol. The van der Waals surface area contributed by atoms with Crippen LogP contribution in [-0.2, 0) is 14.4 Å². The molecule has 1 amide bonds. The maximum atomic E-state index is 12.1. The summed E-state index contributed by atoms with van der Waals surface area (Å²) in [6.07, 6.45) is -3.94. The molecular formula is C9H15F3N2O3. The first-order valence-electron chi connectivity index (χ1n) is 4.98. The molecule has 17 heavy (non-hydrogen) atoms. The summed E-state index contributed by atoms with van der Waals surface area (Å²) >= 11 is 0. The molecule has 0 aliphatic rings. The summed E-state index contributed by atoms with van der Waals surface area (Å²) in [6.45, 7) is 2.93. The minimum Gasteiger partial charge on any atom is -0.372 e. The third-order valence-corrected chi connectivity index (χ3v) is 2.23. The summed E-state index contributed by atoms with van der Waals surface area (Å²) in [4.78, 5) is 26.0. The lowest BCUT2D eigenvalue weighted by atomic mass is 9.95. The first-order chi connectivity index (χ1) is 7.67. The summed E-state index contributed by atoms with van der Waals surface area (Å²) in [5.41, 5.74) is -1.77. The highest BCUT2D eigenvalue weighted by atomic mass is 19.4. The number of nitrogens with one attached hydrogen (secondary N) is 1. The van der Waals surface area contributed by atoms with Crippen molar-refractivity contribution in [3.63, 3.8) is 0 Å². The number of hydrogen-bond acceptors (Lipinski definition) is 4. The predicted molar refractivity (Wildman–Crippen MR) is 52.4 cm³/mol. The van der Waals surface area contributed by atoms with Crippen molar-refractivity contribution in [2.24, 2.45) is 5.90 Å². The lowest BCUT2D eigenvalue weighted by molar-refractivity contribution is -0.178. The van der Waals surface area contributed by atoms with E-state index in [0.717, 1.165) is 6.92 Å². The van der Waals surface area contributed by atoms with Crippen molar-refractivity contribution in [1.29, 1.82) is 0 Å². The fourth-order valence-electron chi connectivity index (χ4n) is 1.20.